The molecular weight excluding hydrogens is 348 g/mol. The van der Waals surface area contributed by atoms with Crippen LogP contribution in [0.25, 0.3) is 0 Å². The number of thioether (sulfide) groups is 1. The molecule has 0 atom stereocenters. The number of halogens is 2. The highest BCUT2D eigenvalue weighted by molar-refractivity contribution is 8.15. The molecule has 1 aliphatic heterocycles. The van der Waals surface area contributed by atoms with Gasteiger partial charge in [0.25, 0.3) is 0 Å². The fourth-order valence-electron chi connectivity index (χ4n) is 2.09. The largest absolute Gasteiger partial charge is 0.489 e. The number of nitrogens with one attached hydrogen (secondary N) is 1. The molecule has 25 heavy (non-hydrogen) atoms. The van der Waals surface area contributed by atoms with E-state index in [0.29, 0.717) is 10.9 Å². The minimum atomic E-state index is -0.697. The van der Waals surface area contributed by atoms with Crippen molar-refractivity contribution >= 4 is 29.1 Å². The number of carbonyl (C=O) groups is 1. The molecule has 1 fully saturated rings. The van der Waals surface area contributed by atoms with Crippen LogP contribution >= 0.6 is 11.8 Å². The summed E-state index contributed by atoms with van der Waals surface area (Å²) in [7, 11) is 0. The minimum Gasteiger partial charge on any atom is -0.489 e. The van der Waals surface area contributed by atoms with Gasteiger partial charge in [0.05, 0.1) is 12.0 Å². The number of amidine groups is 1. The normalized spacial score (nSPS) is 15.8. The zero-order valence-corrected chi connectivity index (χ0v) is 13.7. The Labute approximate surface area is 146 Å². The number of amides is 1. The van der Waals surface area contributed by atoms with Gasteiger partial charge in [-0.25, -0.2) is 8.78 Å². The van der Waals surface area contributed by atoms with Gasteiger partial charge in [-0.3, -0.25) is 4.79 Å². The number of ether oxygens (including phenoxy) is 1. The minimum absolute atomic E-state index is 0.102. The van der Waals surface area contributed by atoms with Crippen LogP contribution in [0.4, 0.5) is 8.78 Å². The van der Waals surface area contributed by atoms with E-state index in [1.54, 1.807) is 0 Å². The average molecular weight is 361 g/mol. The van der Waals surface area contributed by atoms with E-state index in [1.165, 1.54) is 18.0 Å². The Hall–Kier alpha value is -2.74. The summed E-state index contributed by atoms with van der Waals surface area (Å²) in [5, 5.41) is 10.9. The molecule has 0 radical (unpaired) electrons. The van der Waals surface area contributed by atoms with E-state index >= 15 is 0 Å². The molecule has 1 aliphatic rings. The van der Waals surface area contributed by atoms with Crippen molar-refractivity contribution in [2.45, 2.75) is 6.61 Å². The molecular formula is C17H13F2N3O2S. The zero-order chi connectivity index (χ0) is 17.6. The molecule has 0 bridgehead atoms. The van der Waals surface area contributed by atoms with Crippen LogP contribution in [0, 0.1) is 11.6 Å². The van der Waals surface area contributed by atoms with E-state index in [-0.39, 0.29) is 18.3 Å². The summed E-state index contributed by atoms with van der Waals surface area (Å²) in [5.74, 6) is -1.05. The Bertz CT molecular complexity index is 835. The van der Waals surface area contributed by atoms with Crippen molar-refractivity contribution in [1.82, 2.24) is 5.32 Å². The predicted octanol–water partition coefficient (Wildman–Crippen LogP) is 3.10. The first-order valence-electron chi connectivity index (χ1n) is 7.30. The molecule has 0 saturated carbocycles. The SMILES string of the molecule is O=C1CSC(=NN=Cc2ccccc2COc2cc(F)cc(F)c2)N1. The van der Waals surface area contributed by atoms with Crippen LogP contribution in [0.5, 0.6) is 5.75 Å². The lowest BCUT2D eigenvalue weighted by molar-refractivity contribution is -0.116. The van der Waals surface area contributed by atoms with E-state index in [2.05, 4.69) is 15.5 Å². The van der Waals surface area contributed by atoms with Crippen LogP contribution in [0.1, 0.15) is 11.1 Å². The number of rotatable bonds is 5. The van der Waals surface area contributed by atoms with Gasteiger partial charge in [0, 0.05) is 23.8 Å². The second-order valence-electron chi connectivity index (χ2n) is 5.08. The lowest BCUT2D eigenvalue weighted by Crippen LogP contribution is -2.19. The molecule has 1 amide bonds. The van der Waals surface area contributed by atoms with Crippen LogP contribution in [0.3, 0.4) is 0 Å². The summed E-state index contributed by atoms with van der Waals surface area (Å²) in [4.78, 5) is 11.1. The second-order valence-corrected chi connectivity index (χ2v) is 6.04. The van der Waals surface area contributed by atoms with Gasteiger partial charge in [0.1, 0.15) is 24.0 Å². The van der Waals surface area contributed by atoms with Gasteiger partial charge in [-0.15, -0.1) is 5.10 Å². The van der Waals surface area contributed by atoms with Gasteiger partial charge >= 0.3 is 0 Å². The Morgan fingerprint density at radius 1 is 1.20 bits per heavy atom. The van der Waals surface area contributed by atoms with Crippen molar-refractivity contribution in [3.05, 3.63) is 65.2 Å². The highest BCUT2D eigenvalue weighted by atomic mass is 32.2. The number of benzene rings is 2. The molecule has 5 nitrogen and oxygen atoms in total. The van der Waals surface area contributed by atoms with E-state index < -0.39 is 11.6 Å². The average Bonchev–Trinajstić information content (AvgIpc) is 2.98. The van der Waals surface area contributed by atoms with Crippen LogP contribution in [0.15, 0.2) is 52.7 Å². The van der Waals surface area contributed by atoms with Crippen molar-refractivity contribution in [3.8, 4) is 5.75 Å². The van der Waals surface area contributed by atoms with Crippen molar-refractivity contribution in [1.29, 1.82) is 0 Å². The Morgan fingerprint density at radius 3 is 2.68 bits per heavy atom. The van der Waals surface area contributed by atoms with Gasteiger partial charge in [-0.1, -0.05) is 36.0 Å². The maximum atomic E-state index is 13.2. The molecule has 3 rings (SSSR count). The molecule has 1 heterocycles. The highest BCUT2D eigenvalue weighted by Gasteiger charge is 2.15. The Kier molecular flexibility index (Phi) is 5.39. The van der Waals surface area contributed by atoms with Crippen LogP contribution < -0.4 is 10.1 Å². The molecule has 1 N–H and O–H groups in total. The van der Waals surface area contributed by atoms with Crippen LogP contribution in [-0.4, -0.2) is 23.0 Å². The topological polar surface area (TPSA) is 63.0 Å². The smallest absolute Gasteiger partial charge is 0.236 e. The molecule has 2 aromatic rings. The number of hydrogen-bond acceptors (Lipinski definition) is 5. The predicted molar refractivity (Wildman–Crippen MR) is 92.8 cm³/mol. The molecule has 0 aliphatic carbocycles. The maximum Gasteiger partial charge on any atom is 0.236 e. The number of nitrogens with zero attached hydrogens (tertiary/aromatic N) is 2. The lowest BCUT2D eigenvalue weighted by atomic mass is 10.1. The van der Waals surface area contributed by atoms with Crippen molar-refractivity contribution in [2.24, 2.45) is 10.2 Å². The van der Waals surface area contributed by atoms with Crippen LogP contribution in [0.2, 0.25) is 0 Å². The molecule has 0 unspecified atom stereocenters. The fraction of sp³-hybridized carbons (Fsp3) is 0.118. The van der Waals surface area contributed by atoms with Crippen molar-refractivity contribution < 1.29 is 18.3 Å². The standard InChI is InChI=1S/C17H13F2N3O2S/c18-13-5-14(19)7-15(6-13)24-9-12-4-2-1-3-11(12)8-20-22-17-21-16(23)10-25-17/h1-8H,9-10H2,(H,21,22,23). The Morgan fingerprint density at radius 2 is 1.96 bits per heavy atom. The monoisotopic (exact) mass is 361 g/mol. The van der Waals surface area contributed by atoms with E-state index in [1.807, 2.05) is 24.3 Å². The van der Waals surface area contributed by atoms with Crippen LogP contribution in [-0.2, 0) is 11.4 Å². The van der Waals surface area contributed by atoms with Crippen molar-refractivity contribution in [3.63, 3.8) is 0 Å². The quantitative estimate of drug-likeness (QED) is 0.658. The Balaban J connectivity index is 1.69. The van der Waals surface area contributed by atoms with Gasteiger partial charge in [0.2, 0.25) is 5.91 Å². The fourth-order valence-corrected chi connectivity index (χ4v) is 2.72. The highest BCUT2D eigenvalue weighted by Crippen LogP contribution is 2.18. The molecule has 1 saturated heterocycles. The third-order valence-corrected chi connectivity index (χ3v) is 4.08. The van der Waals surface area contributed by atoms with Crippen molar-refractivity contribution in [2.75, 3.05) is 5.75 Å². The van der Waals surface area contributed by atoms with E-state index in [9.17, 15) is 13.6 Å². The summed E-state index contributed by atoms with van der Waals surface area (Å²) >= 11 is 1.28. The maximum absolute atomic E-state index is 13.2. The summed E-state index contributed by atoms with van der Waals surface area (Å²) in [6.45, 7) is 0.118. The first-order chi connectivity index (χ1) is 12.1. The van der Waals surface area contributed by atoms with Gasteiger partial charge in [0.15, 0.2) is 5.17 Å². The second kappa shape index (κ2) is 7.89. The van der Waals surface area contributed by atoms with Gasteiger partial charge < -0.3 is 10.1 Å². The number of carbonyl (C=O) groups excluding carboxylic acids is 1. The molecule has 2 aromatic carbocycles. The number of hydrogen-bond donors (Lipinski definition) is 1. The molecule has 128 valence electrons. The summed E-state index contributed by atoms with van der Waals surface area (Å²) < 4.78 is 31.8. The summed E-state index contributed by atoms with van der Waals surface area (Å²) in [6, 6.07) is 10.3. The molecule has 0 spiro atoms. The lowest BCUT2D eigenvalue weighted by Gasteiger charge is -2.08. The molecule has 8 heteroatoms. The van der Waals surface area contributed by atoms with E-state index in [4.69, 9.17) is 4.74 Å². The first-order valence-corrected chi connectivity index (χ1v) is 8.29. The third-order valence-electron chi connectivity index (χ3n) is 3.22. The third kappa shape index (κ3) is 4.87. The first kappa shape index (κ1) is 17.1. The summed E-state index contributed by atoms with van der Waals surface area (Å²) in [6.07, 6.45) is 1.53. The van der Waals surface area contributed by atoms with E-state index in [0.717, 1.165) is 29.3 Å². The molecule has 0 aromatic heterocycles. The van der Waals surface area contributed by atoms with Gasteiger partial charge in [-0.05, 0) is 5.56 Å². The van der Waals surface area contributed by atoms with Gasteiger partial charge in [-0.2, -0.15) is 5.10 Å². The zero-order valence-electron chi connectivity index (χ0n) is 12.9. The summed E-state index contributed by atoms with van der Waals surface area (Å²) in [5.41, 5.74) is 1.53.